The van der Waals surface area contributed by atoms with Gasteiger partial charge in [0.25, 0.3) is 0 Å². The molecule has 1 aliphatic rings. The van der Waals surface area contributed by atoms with Gasteiger partial charge in [-0.1, -0.05) is 34.5 Å². The first-order chi connectivity index (χ1) is 19.2. The zero-order valence-corrected chi connectivity index (χ0v) is 21.3. The minimum Gasteiger partial charge on any atom is -0.373 e. The summed E-state index contributed by atoms with van der Waals surface area (Å²) in [4.78, 5) is 11.7. The van der Waals surface area contributed by atoms with Gasteiger partial charge >= 0.3 is 0 Å². The van der Waals surface area contributed by atoms with E-state index in [1.54, 1.807) is 23.0 Å². The van der Waals surface area contributed by atoms with Gasteiger partial charge in [-0.15, -0.1) is 5.10 Å². The molecule has 39 heavy (non-hydrogen) atoms. The first-order valence-electron chi connectivity index (χ1n) is 12.2. The lowest BCUT2D eigenvalue weighted by Crippen LogP contribution is -2.14. The van der Waals surface area contributed by atoms with Crippen molar-refractivity contribution in [3.63, 3.8) is 0 Å². The molecule has 0 unspecified atom stereocenters. The third kappa shape index (κ3) is 5.04. The predicted octanol–water partition coefficient (Wildman–Crippen LogP) is 6.35. The third-order valence-electron chi connectivity index (χ3n) is 6.08. The Morgan fingerprint density at radius 3 is 2.59 bits per heavy atom. The van der Waals surface area contributed by atoms with Gasteiger partial charge in [0.05, 0.1) is 58.3 Å². The number of aromatic nitrogens is 6. The summed E-state index contributed by atoms with van der Waals surface area (Å²) < 4.78 is 38.5. The second-order valence-corrected chi connectivity index (χ2v) is 9.63. The van der Waals surface area contributed by atoms with Crippen LogP contribution in [0.3, 0.4) is 0 Å². The lowest BCUT2D eigenvalue weighted by molar-refractivity contribution is 0.581. The number of benzene rings is 1. The summed E-state index contributed by atoms with van der Waals surface area (Å²) >= 11 is 12.5. The minimum atomic E-state index is -1.74. The molecule has 1 saturated carbocycles. The van der Waals surface area contributed by atoms with E-state index in [0.29, 0.717) is 33.5 Å². The minimum absolute atomic E-state index is 0.174. The Morgan fingerprint density at radius 2 is 1.87 bits per heavy atom. The smallest absolute Gasteiger partial charge is 0.231 e. The number of hydrogen-bond donors (Lipinski definition) is 2. The van der Waals surface area contributed by atoms with Gasteiger partial charge in [-0.05, 0) is 42.7 Å². The summed E-state index contributed by atoms with van der Waals surface area (Å²) in [6, 6.07) is 7.73. The van der Waals surface area contributed by atoms with Crippen molar-refractivity contribution in [2.24, 2.45) is 0 Å². The van der Waals surface area contributed by atoms with E-state index in [4.69, 9.17) is 23.2 Å². The lowest BCUT2D eigenvalue weighted by atomic mass is 10.0. The Balaban J connectivity index is 1.47. The number of anilines is 3. The molecule has 9 nitrogen and oxygen atoms in total. The third-order valence-corrected chi connectivity index (χ3v) is 6.64. The maximum atomic E-state index is 13.7. The van der Waals surface area contributed by atoms with E-state index in [1.807, 2.05) is 0 Å². The van der Waals surface area contributed by atoms with Gasteiger partial charge in [-0.2, -0.15) is 14.0 Å². The average molecular weight is 565 g/mol. The van der Waals surface area contributed by atoms with Crippen molar-refractivity contribution in [3.05, 3.63) is 93.9 Å². The van der Waals surface area contributed by atoms with Crippen molar-refractivity contribution in [2.45, 2.75) is 24.9 Å². The van der Waals surface area contributed by atoms with E-state index in [2.05, 4.69) is 42.0 Å². The first-order valence-corrected chi connectivity index (χ1v) is 12.4. The molecule has 4 heterocycles. The Bertz CT molecular complexity index is 1810. The standard InChI is InChI=1S/C26H17Cl2F2N9/c27-19-6-15(35-24(13-1-4-22(29)32-9-13)21-12-39(38-37-21)17-2-3-17)5-18-23(14(8-31)10-33-25(18)19)36-16-7-20(28)26(30)34-11-16/h1,4-7,9-12,17,24,35H,2-3H2,(H,33,36)/t24-/m0/s1/i24D. The second kappa shape index (κ2) is 10.1. The number of hydrogen-bond acceptors (Lipinski definition) is 8. The molecule has 0 saturated heterocycles. The van der Waals surface area contributed by atoms with Gasteiger partial charge in [-0.25, -0.2) is 14.6 Å². The zero-order chi connectivity index (χ0) is 28.0. The van der Waals surface area contributed by atoms with Gasteiger partial charge in [0, 0.05) is 23.5 Å². The van der Waals surface area contributed by atoms with Crippen LogP contribution in [0, 0.1) is 23.2 Å². The van der Waals surface area contributed by atoms with Crippen LogP contribution in [-0.2, 0) is 0 Å². The Hall–Kier alpha value is -4.40. The largest absolute Gasteiger partial charge is 0.373 e. The fraction of sp³-hybridized carbons (Fsp3) is 0.154. The molecule has 0 bridgehead atoms. The van der Waals surface area contributed by atoms with Crippen molar-refractivity contribution in [1.29, 1.82) is 5.26 Å². The molecule has 0 amide bonds. The van der Waals surface area contributed by atoms with Crippen molar-refractivity contribution in [3.8, 4) is 6.07 Å². The summed E-state index contributed by atoms with van der Waals surface area (Å²) in [6.07, 6.45) is 7.46. The number of nitriles is 1. The molecule has 6 rings (SSSR count). The van der Waals surface area contributed by atoms with Crippen LogP contribution in [0.2, 0.25) is 10.0 Å². The highest BCUT2D eigenvalue weighted by Crippen LogP contribution is 2.38. The van der Waals surface area contributed by atoms with E-state index in [1.165, 1.54) is 30.7 Å². The van der Waals surface area contributed by atoms with Crippen LogP contribution in [0.25, 0.3) is 10.9 Å². The number of halogens is 4. The fourth-order valence-electron chi connectivity index (χ4n) is 4.05. The highest BCUT2D eigenvalue weighted by molar-refractivity contribution is 6.36. The van der Waals surface area contributed by atoms with E-state index in [-0.39, 0.29) is 27.3 Å². The molecule has 13 heteroatoms. The molecule has 0 aliphatic heterocycles. The van der Waals surface area contributed by atoms with Crippen LogP contribution in [0.1, 0.15) is 43.1 Å². The number of rotatable bonds is 7. The number of fused-ring (bicyclic) bond motifs is 1. The van der Waals surface area contributed by atoms with Crippen molar-refractivity contribution < 1.29 is 10.2 Å². The van der Waals surface area contributed by atoms with Crippen LogP contribution < -0.4 is 10.6 Å². The average Bonchev–Trinajstić information content (AvgIpc) is 3.67. The molecular weight excluding hydrogens is 547 g/mol. The molecule has 2 N–H and O–H groups in total. The van der Waals surface area contributed by atoms with Crippen molar-refractivity contribution in [1.82, 2.24) is 29.9 Å². The van der Waals surface area contributed by atoms with Gasteiger partial charge < -0.3 is 10.6 Å². The fourth-order valence-corrected chi connectivity index (χ4v) is 4.48. The van der Waals surface area contributed by atoms with E-state index in [9.17, 15) is 15.4 Å². The van der Waals surface area contributed by atoms with Crippen LogP contribution in [0.4, 0.5) is 25.8 Å². The molecule has 4 aromatic heterocycles. The topological polar surface area (TPSA) is 117 Å². The van der Waals surface area contributed by atoms with Crippen LogP contribution >= 0.6 is 23.2 Å². The maximum Gasteiger partial charge on any atom is 0.231 e. The number of pyridine rings is 3. The Labute approximate surface area is 231 Å². The number of nitrogens with one attached hydrogen (secondary N) is 2. The molecule has 1 fully saturated rings. The number of nitrogens with zero attached hydrogens (tertiary/aromatic N) is 7. The Kier molecular flexibility index (Phi) is 6.11. The molecule has 1 aliphatic carbocycles. The summed E-state index contributed by atoms with van der Waals surface area (Å²) in [5.74, 6) is -1.52. The van der Waals surface area contributed by atoms with Crippen molar-refractivity contribution >= 4 is 51.2 Å². The quantitative estimate of drug-likeness (QED) is 0.219. The molecule has 5 aromatic rings. The predicted molar refractivity (Wildman–Crippen MR) is 142 cm³/mol. The van der Waals surface area contributed by atoms with E-state index >= 15 is 0 Å². The van der Waals surface area contributed by atoms with Gasteiger partial charge in [-0.3, -0.25) is 4.98 Å². The summed E-state index contributed by atoms with van der Waals surface area (Å²) in [5, 5.41) is 24.9. The monoisotopic (exact) mass is 564 g/mol. The van der Waals surface area contributed by atoms with E-state index in [0.717, 1.165) is 18.9 Å². The van der Waals surface area contributed by atoms with Gasteiger partial charge in [0.1, 0.15) is 11.8 Å². The van der Waals surface area contributed by atoms with Crippen LogP contribution in [0.15, 0.2) is 55.1 Å². The molecular formula is C26H17Cl2F2N9. The van der Waals surface area contributed by atoms with E-state index < -0.39 is 17.9 Å². The molecule has 194 valence electrons. The van der Waals surface area contributed by atoms with Crippen LogP contribution in [0.5, 0.6) is 0 Å². The van der Waals surface area contributed by atoms with Crippen LogP contribution in [-0.4, -0.2) is 29.9 Å². The van der Waals surface area contributed by atoms with Crippen molar-refractivity contribution in [2.75, 3.05) is 10.6 Å². The molecule has 0 radical (unpaired) electrons. The zero-order valence-electron chi connectivity index (χ0n) is 20.8. The maximum absolute atomic E-state index is 13.7. The first kappa shape index (κ1) is 23.7. The molecule has 1 aromatic carbocycles. The lowest BCUT2D eigenvalue weighted by Gasteiger charge is -2.20. The SMILES string of the molecule is [2H][C@](Nc1cc(Cl)c2ncc(C#N)c(Nc3cnc(F)c(Cl)c3)c2c1)(c1ccc(F)nc1)c1cn(C2CC2)nn1. The van der Waals surface area contributed by atoms with Gasteiger partial charge in [0.15, 0.2) is 0 Å². The summed E-state index contributed by atoms with van der Waals surface area (Å²) in [6.45, 7) is 0. The highest BCUT2D eigenvalue weighted by atomic mass is 35.5. The summed E-state index contributed by atoms with van der Waals surface area (Å²) in [5.41, 5.74) is 2.13. The second-order valence-electron chi connectivity index (χ2n) is 8.82. The highest BCUT2D eigenvalue weighted by Gasteiger charge is 2.27. The molecule has 0 spiro atoms. The Morgan fingerprint density at radius 1 is 1.05 bits per heavy atom. The molecule has 1 atom stereocenters. The normalized spacial score (nSPS) is 14.9. The summed E-state index contributed by atoms with van der Waals surface area (Å²) in [7, 11) is 0. The van der Waals surface area contributed by atoms with Gasteiger partial charge in [0.2, 0.25) is 11.9 Å².